The molecule has 0 bridgehead atoms. The molecule has 0 spiro atoms. The van der Waals surface area contributed by atoms with Gasteiger partial charge in [-0.25, -0.2) is 18.2 Å². The number of sulfone groups is 1. The highest BCUT2D eigenvalue weighted by atomic mass is 32.2. The van der Waals surface area contributed by atoms with Crippen molar-refractivity contribution in [3.05, 3.63) is 35.6 Å². The number of carbonyl (C=O) groups is 1. The molecule has 1 aliphatic heterocycles. The Bertz CT molecular complexity index is 669. The lowest BCUT2D eigenvalue weighted by atomic mass is 10.1. The molecule has 1 heterocycles. The lowest BCUT2D eigenvalue weighted by Gasteiger charge is -2.08. The Labute approximate surface area is 129 Å². The molecular weight excluding hydrogens is 307 g/mol. The molecule has 22 heavy (non-hydrogen) atoms. The maximum Gasteiger partial charge on any atom is 0.240 e. The van der Waals surface area contributed by atoms with E-state index in [2.05, 4.69) is 10.5 Å². The smallest absolute Gasteiger partial charge is 0.240 e. The fourth-order valence-corrected chi connectivity index (χ4v) is 4.32. The van der Waals surface area contributed by atoms with Gasteiger partial charge in [-0.3, -0.25) is 4.79 Å². The zero-order valence-corrected chi connectivity index (χ0v) is 13.2. The summed E-state index contributed by atoms with van der Waals surface area (Å²) in [5.41, 5.74) is 3.85. The normalized spacial score (nSPS) is 20.8. The lowest BCUT2D eigenvalue weighted by Crippen LogP contribution is -2.23. The Morgan fingerprint density at radius 3 is 2.59 bits per heavy atom. The van der Waals surface area contributed by atoms with E-state index in [-0.39, 0.29) is 35.6 Å². The molecular formula is C15H19FN2O3S. The van der Waals surface area contributed by atoms with E-state index in [1.807, 2.05) is 6.92 Å². The minimum atomic E-state index is -2.98. The lowest BCUT2D eigenvalue weighted by molar-refractivity contribution is -0.121. The Hall–Kier alpha value is -1.76. The Morgan fingerprint density at radius 1 is 1.36 bits per heavy atom. The predicted octanol–water partition coefficient (Wildman–Crippen LogP) is 1.88. The van der Waals surface area contributed by atoms with Crippen LogP contribution in [-0.4, -0.2) is 31.5 Å². The number of benzene rings is 1. The fraction of sp³-hybridized carbons (Fsp3) is 0.467. The highest BCUT2D eigenvalue weighted by Crippen LogP contribution is 2.21. The molecule has 0 saturated carbocycles. The maximum atomic E-state index is 12.9. The number of hydrogen-bond acceptors (Lipinski definition) is 4. The molecule has 1 amide bonds. The standard InChI is InChI=1S/C15H19FN2O3S/c1-2-14(12-3-5-13(16)6-4-12)17-18-15(19)9-11-7-8-22(20,21)10-11/h3-6,11H,2,7-10H2,1H3,(H,18,19)/b17-14-/t11-/m0/s1. The first-order chi connectivity index (χ1) is 10.4. The number of nitrogens with one attached hydrogen (secondary N) is 1. The summed E-state index contributed by atoms with van der Waals surface area (Å²) in [6, 6.07) is 5.89. The molecule has 120 valence electrons. The fourth-order valence-electron chi connectivity index (χ4n) is 2.46. The molecule has 1 aromatic carbocycles. The van der Waals surface area contributed by atoms with Crippen molar-refractivity contribution in [1.82, 2.24) is 5.43 Å². The van der Waals surface area contributed by atoms with Crippen molar-refractivity contribution in [2.24, 2.45) is 11.0 Å². The minimum Gasteiger partial charge on any atom is -0.273 e. The van der Waals surface area contributed by atoms with Crippen LogP contribution in [0.2, 0.25) is 0 Å². The molecule has 7 heteroatoms. The average molecular weight is 326 g/mol. The van der Waals surface area contributed by atoms with Gasteiger partial charge in [-0.15, -0.1) is 0 Å². The minimum absolute atomic E-state index is 0.0722. The summed E-state index contributed by atoms with van der Waals surface area (Å²) in [5, 5.41) is 4.07. The summed E-state index contributed by atoms with van der Waals surface area (Å²) in [4.78, 5) is 11.8. The van der Waals surface area contributed by atoms with E-state index in [4.69, 9.17) is 0 Å². The van der Waals surface area contributed by atoms with Gasteiger partial charge in [0.25, 0.3) is 0 Å². The van der Waals surface area contributed by atoms with Crippen LogP contribution in [0.4, 0.5) is 4.39 Å². The highest BCUT2D eigenvalue weighted by molar-refractivity contribution is 7.91. The second-order valence-electron chi connectivity index (χ2n) is 5.43. The second kappa shape index (κ2) is 7.00. The third-order valence-electron chi connectivity index (χ3n) is 3.63. The van der Waals surface area contributed by atoms with Crippen LogP contribution in [0.5, 0.6) is 0 Å². The number of nitrogens with zero attached hydrogens (tertiary/aromatic N) is 1. The molecule has 1 aliphatic rings. The van der Waals surface area contributed by atoms with Gasteiger partial charge in [-0.05, 0) is 36.5 Å². The molecule has 1 saturated heterocycles. The molecule has 1 atom stereocenters. The molecule has 2 rings (SSSR count). The molecule has 1 N–H and O–H groups in total. The number of carbonyl (C=O) groups excluding carboxylic acids is 1. The monoisotopic (exact) mass is 326 g/mol. The highest BCUT2D eigenvalue weighted by Gasteiger charge is 2.29. The summed E-state index contributed by atoms with van der Waals surface area (Å²) in [7, 11) is -2.98. The maximum absolute atomic E-state index is 12.9. The number of hydrogen-bond donors (Lipinski definition) is 1. The van der Waals surface area contributed by atoms with Crippen LogP contribution in [0, 0.1) is 11.7 Å². The first-order valence-electron chi connectivity index (χ1n) is 7.21. The van der Waals surface area contributed by atoms with Crippen molar-refractivity contribution in [3.8, 4) is 0 Å². The van der Waals surface area contributed by atoms with E-state index in [0.717, 1.165) is 5.56 Å². The van der Waals surface area contributed by atoms with Gasteiger partial charge in [0.1, 0.15) is 5.82 Å². The zero-order chi connectivity index (χ0) is 16.2. The average Bonchev–Trinajstić information content (AvgIpc) is 2.80. The zero-order valence-electron chi connectivity index (χ0n) is 12.4. The summed E-state index contributed by atoms with van der Waals surface area (Å²) >= 11 is 0. The number of rotatable bonds is 5. The van der Waals surface area contributed by atoms with Crippen LogP contribution in [0.15, 0.2) is 29.4 Å². The summed E-state index contributed by atoms with van der Waals surface area (Å²) in [5.74, 6) is -0.524. The van der Waals surface area contributed by atoms with Crippen molar-refractivity contribution in [2.75, 3.05) is 11.5 Å². The topological polar surface area (TPSA) is 75.6 Å². The van der Waals surface area contributed by atoms with Crippen molar-refractivity contribution in [2.45, 2.75) is 26.2 Å². The van der Waals surface area contributed by atoms with Crippen molar-refractivity contribution >= 4 is 21.5 Å². The molecule has 1 fully saturated rings. The largest absolute Gasteiger partial charge is 0.273 e. The van der Waals surface area contributed by atoms with Crippen LogP contribution in [0.3, 0.4) is 0 Å². The SMILES string of the molecule is CC/C(=N/NC(=O)C[C@@H]1CCS(=O)(=O)C1)c1ccc(F)cc1. The molecule has 0 radical (unpaired) electrons. The second-order valence-corrected chi connectivity index (χ2v) is 7.66. The molecule has 1 aromatic rings. The van der Waals surface area contributed by atoms with E-state index in [0.29, 0.717) is 18.6 Å². The predicted molar refractivity (Wildman–Crippen MR) is 82.7 cm³/mol. The van der Waals surface area contributed by atoms with E-state index in [1.54, 1.807) is 12.1 Å². The Morgan fingerprint density at radius 2 is 2.05 bits per heavy atom. The third-order valence-corrected chi connectivity index (χ3v) is 5.47. The van der Waals surface area contributed by atoms with Crippen molar-refractivity contribution in [3.63, 3.8) is 0 Å². The van der Waals surface area contributed by atoms with Crippen LogP contribution in [0.25, 0.3) is 0 Å². The van der Waals surface area contributed by atoms with Gasteiger partial charge in [0.05, 0.1) is 17.2 Å². The number of hydrazone groups is 1. The van der Waals surface area contributed by atoms with E-state index < -0.39 is 9.84 Å². The summed E-state index contributed by atoms with van der Waals surface area (Å²) < 4.78 is 35.6. The van der Waals surface area contributed by atoms with Gasteiger partial charge in [0.2, 0.25) is 5.91 Å². The van der Waals surface area contributed by atoms with E-state index >= 15 is 0 Å². The van der Waals surface area contributed by atoms with Crippen LogP contribution < -0.4 is 5.43 Å². The van der Waals surface area contributed by atoms with E-state index in [1.165, 1.54) is 12.1 Å². The van der Waals surface area contributed by atoms with Crippen LogP contribution in [-0.2, 0) is 14.6 Å². The van der Waals surface area contributed by atoms with Gasteiger partial charge in [0.15, 0.2) is 9.84 Å². The third kappa shape index (κ3) is 4.62. The van der Waals surface area contributed by atoms with Gasteiger partial charge in [0, 0.05) is 6.42 Å². The van der Waals surface area contributed by atoms with Gasteiger partial charge in [-0.1, -0.05) is 19.1 Å². The number of halogens is 1. The van der Waals surface area contributed by atoms with Gasteiger partial charge in [-0.2, -0.15) is 5.10 Å². The quantitative estimate of drug-likeness (QED) is 0.663. The Balaban J connectivity index is 1.94. The van der Waals surface area contributed by atoms with Crippen molar-refractivity contribution < 1.29 is 17.6 Å². The first-order valence-corrected chi connectivity index (χ1v) is 9.03. The van der Waals surface area contributed by atoms with Crippen molar-refractivity contribution in [1.29, 1.82) is 0 Å². The van der Waals surface area contributed by atoms with E-state index in [9.17, 15) is 17.6 Å². The van der Waals surface area contributed by atoms with Gasteiger partial charge >= 0.3 is 0 Å². The summed E-state index contributed by atoms with van der Waals surface area (Å²) in [6.45, 7) is 1.89. The molecule has 0 unspecified atom stereocenters. The molecule has 5 nitrogen and oxygen atoms in total. The Kier molecular flexibility index (Phi) is 5.28. The number of amides is 1. The van der Waals surface area contributed by atoms with Crippen LogP contribution >= 0.6 is 0 Å². The molecule has 0 aromatic heterocycles. The summed E-state index contributed by atoms with van der Waals surface area (Å²) in [6.07, 6.45) is 1.27. The first kappa shape index (κ1) is 16.6. The van der Waals surface area contributed by atoms with Crippen LogP contribution in [0.1, 0.15) is 31.7 Å². The molecule has 0 aliphatic carbocycles. The van der Waals surface area contributed by atoms with Gasteiger partial charge < -0.3 is 0 Å².